The summed E-state index contributed by atoms with van der Waals surface area (Å²) < 4.78 is 1.68. The Labute approximate surface area is 148 Å². The van der Waals surface area contributed by atoms with Gasteiger partial charge in [-0.15, -0.1) is 0 Å². The highest BCUT2D eigenvalue weighted by molar-refractivity contribution is 7.18. The average Bonchev–Trinajstić information content (AvgIpc) is 3.22. The second kappa shape index (κ2) is 7.55. The third-order valence-corrected chi connectivity index (χ3v) is 4.65. The van der Waals surface area contributed by atoms with Crippen LogP contribution in [0.15, 0.2) is 36.9 Å². The Hall–Kier alpha value is -2.25. The van der Waals surface area contributed by atoms with Crippen molar-refractivity contribution in [2.24, 2.45) is 0 Å². The summed E-state index contributed by atoms with van der Waals surface area (Å²) in [6.07, 6.45) is 6.04. The van der Waals surface area contributed by atoms with Crippen LogP contribution in [0.2, 0.25) is 5.02 Å². The summed E-state index contributed by atoms with van der Waals surface area (Å²) in [5.74, 6) is -0.215. The molecule has 0 radical (unpaired) electrons. The number of thiazole rings is 1. The van der Waals surface area contributed by atoms with Crippen LogP contribution in [-0.4, -0.2) is 25.7 Å². The molecule has 1 aromatic carbocycles. The van der Waals surface area contributed by atoms with Crippen molar-refractivity contribution in [3.05, 3.63) is 53.2 Å². The number of nitrogens with one attached hydrogen (secondary N) is 1. The minimum atomic E-state index is -0.215. The van der Waals surface area contributed by atoms with E-state index in [0.29, 0.717) is 15.7 Å². The van der Waals surface area contributed by atoms with Crippen LogP contribution in [0.5, 0.6) is 0 Å². The Balaban J connectivity index is 1.83. The topological polar surface area (TPSA) is 72.7 Å². The molecule has 0 bridgehead atoms. The highest BCUT2D eigenvalue weighted by Crippen LogP contribution is 2.28. The second-order valence-corrected chi connectivity index (χ2v) is 6.59. The number of rotatable bonds is 6. The average molecular weight is 362 g/mol. The van der Waals surface area contributed by atoms with Gasteiger partial charge in [-0.3, -0.25) is 10.1 Å². The number of carbonyl (C=O) groups is 1. The summed E-state index contributed by atoms with van der Waals surface area (Å²) in [6.45, 7) is 2.13. The maximum Gasteiger partial charge on any atom is 0.257 e. The zero-order valence-electron chi connectivity index (χ0n) is 13.1. The molecule has 0 atom stereocenters. The van der Waals surface area contributed by atoms with E-state index < -0.39 is 0 Å². The van der Waals surface area contributed by atoms with Gasteiger partial charge in [-0.1, -0.05) is 36.3 Å². The van der Waals surface area contributed by atoms with Crippen LogP contribution in [-0.2, 0) is 6.42 Å². The van der Waals surface area contributed by atoms with Gasteiger partial charge < -0.3 is 0 Å². The van der Waals surface area contributed by atoms with Crippen molar-refractivity contribution in [1.29, 1.82) is 0 Å². The van der Waals surface area contributed by atoms with Gasteiger partial charge in [-0.05, 0) is 37.1 Å². The van der Waals surface area contributed by atoms with Gasteiger partial charge in [0.25, 0.3) is 5.91 Å². The van der Waals surface area contributed by atoms with E-state index in [0.717, 1.165) is 30.0 Å². The molecule has 0 fully saturated rings. The number of anilines is 1. The monoisotopic (exact) mass is 361 g/mol. The summed E-state index contributed by atoms with van der Waals surface area (Å²) in [6, 6.07) is 6.74. The zero-order chi connectivity index (χ0) is 16.9. The van der Waals surface area contributed by atoms with E-state index in [2.05, 4.69) is 27.3 Å². The maximum atomic E-state index is 12.3. The lowest BCUT2D eigenvalue weighted by Crippen LogP contribution is -2.11. The molecular weight excluding hydrogens is 346 g/mol. The molecule has 0 saturated heterocycles. The molecule has 0 unspecified atom stereocenters. The lowest BCUT2D eigenvalue weighted by molar-refractivity contribution is 0.102. The highest BCUT2D eigenvalue weighted by atomic mass is 35.5. The molecule has 3 aromatic rings. The molecule has 0 aliphatic carbocycles. The summed E-state index contributed by atoms with van der Waals surface area (Å²) >= 11 is 7.23. The molecule has 8 heteroatoms. The smallest absolute Gasteiger partial charge is 0.257 e. The minimum absolute atomic E-state index is 0.215. The lowest BCUT2D eigenvalue weighted by atomic mass is 10.2. The number of hydrogen-bond donors (Lipinski definition) is 1. The van der Waals surface area contributed by atoms with Gasteiger partial charge in [0.2, 0.25) is 0 Å². The number of aromatic nitrogens is 4. The van der Waals surface area contributed by atoms with E-state index in [1.54, 1.807) is 35.3 Å². The van der Waals surface area contributed by atoms with Gasteiger partial charge in [0, 0.05) is 10.6 Å². The van der Waals surface area contributed by atoms with Crippen LogP contribution < -0.4 is 5.32 Å². The Morgan fingerprint density at radius 2 is 2.12 bits per heavy atom. The first-order chi connectivity index (χ1) is 11.7. The molecule has 0 aliphatic heterocycles. The molecule has 124 valence electrons. The number of carbonyl (C=O) groups excluding carboxylic acids is 1. The molecule has 2 heterocycles. The summed E-state index contributed by atoms with van der Waals surface area (Å²) in [5, 5.41) is 9.03. The fraction of sp³-hybridized carbons (Fsp3) is 0.250. The summed E-state index contributed by atoms with van der Waals surface area (Å²) in [5.41, 5.74) is 1.45. The van der Waals surface area contributed by atoms with Crippen molar-refractivity contribution in [2.75, 3.05) is 5.32 Å². The van der Waals surface area contributed by atoms with Crippen LogP contribution >= 0.6 is 22.9 Å². The first-order valence-corrected chi connectivity index (χ1v) is 8.78. The molecular formula is C16H16ClN5OS. The van der Waals surface area contributed by atoms with Crippen molar-refractivity contribution in [3.8, 4) is 5.00 Å². The summed E-state index contributed by atoms with van der Waals surface area (Å²) in [7, 11) is 0. The van der Waals surface area contributed by atoms with Gasteiger partial charge in [-0.25, -0.2) is 14.6 Å². The van der Waals surface area contributed by atoms with Crippen molar-refractivity contribution >= 4 is 34.0 Å². The first kappa shape index (κ1) is 16.6. The van der Waals surface area contributed by atoms with Crippen molar-refractivity contribution < 1.29 is 4.79 Å². The molecule has 1 amide bonds. The molecule has 1 N–H and O–H groups in total. The number of hydrogen-bond acceptors (Lipinski definition) is 5. The van der Waals surface area contributed by atoms with Gasteiger partial charge >= 0.3 is 0 Å². The quantitative estimate of drug-likeness (QED) is 0.720. The second-order valence-electron chi connectivity index (χ2n) is 5.18. The fourth-order valence-corrected chi connectivity index (χ4v) is 3.23. The molecule has 0 spiro atoms. The van der Waals surface area contributed by atoms with Crippen molar-refractivity contribution in [2.45, 2.75) is 26.2 Å². The van der Waals surface area contributed by atoms with Crippen molar-refractivity contribution in [3.63, 3.8) is 0 Å². The zero-order valence-corrected chi connectivity index (χ0v) is 14.6. The predicted molar refractivity (Wildman–Crippen MR) is 95.0 cm³/mol. The maximum absolute atomic E-state index is 12.3. The molecule has 2 aromatic heterocycles. The van der Waals surface area contributed by atoms with Crippen LogP contribution in [0.25, 0.3) is 5.00 Å². The number of unbranched alkanes of at least 4 members (excludes halogenated alkanes) is 1. The lowest BCUT2D eigenvalue weighted by Gasteiger charge is -2.01. The van der Waals surface area contributed by atoms with E-state index in [1.807, 2.05) is 0 Å². The van der Waals surface area contributed by atoms with E-state index in [-0.39, 0.29) is 5.91 Å². The number of halogens is 1. The van der Waals surface area contributed by atoms with Gasteiger partial charge in [-0.2, -0.15) is 5.10 Å². The van der Waals surface area contributed by atoms with Crippen LogP contribution in [0, 0.1) is 0 Å². The molecule has 0 saturated carbocycles. The van der Waals surface area contributed by atoms with Crippen LogP contribution in [0.4, 0.5) is 5.13 Å². The highest BCUT2D eigenvalue weighted by Gasteiger charge is 2.15. The van der Waals surface area contributed by atoms with Gasteiger partial charge in [0.1, 0.15) is 17.7 Å². The molecule has 0 aliphatic rings. The Kier molecular flexibility index (Phi) is 5.22. The van der Waals surface area contributed by atoms with Gasteiger partial charge in [0.05, 0.1) is 5.69 Å². The Morgan fingerprint density at radius 1 is 1.33 bits per heavy atom. The number of nitrogens with zero attached hydrogens (tertiary/aromatic N) is 4. The van der Waals surface area contributed by atoms with E-state index in [4.69, 9.17) is 11.6 Å². The van der Waals surface area contributed by atoms with E-state index >= 15 is 0 Å². The van der Waals surface area contributed by atoms with Crippen LogP contribution in [0.1, 0.15) is 35.8 Å². The SMILES string of the molecule is CCCCc1nc(NC(=O)c2ccc(Cl)cc2)sc1-n1cncn1. The first-order valence-electron chi connectivity index (χ1n) is 7.59. The van der Waals surface area contributed by atoms with E-state index in [9.17, 15) is 4.79 Å². The minimum Gasteiger partial charge on any atom is -0.298 e. The third kappa shape index (κ3) is 3.80. The molecule has 6 nitrogen and oxygen atoms in total. The standard InChI is InChI=1S/C16H16ClN5OS/c1-2-3-4-13-15(22-10-18-9-19-22)24-16(20-13)21-14(23)11-5-7-12(17)8-6-11/h5-10H,2-4H2,1H3,(H,20,21,23). The number of aryl methyl sites for hydroxylation is 1. The normalized spacial score (nSPS) is 10.8. The fourth-order valence-electron chi connectivity index (χ4n) is 2.17. The Bertz CT molecular complexity index is 814. The van der Waals surface area contributed by atoms with E-state index in [1.165, 1.54) is 17.7 Å². The molecule has 24 heavy (non-hydrogen) atoms. The molecule has 3 rings (SSSR count). The van der Waals surface area contributed by atoms with Crippen molar-refractivity contribution in [1.82, 2.24) is 19.7 Å². The Morgan fingerprint density at radius 3 is 2.79 bits per heavy atom. The van der Waals surface area contributed by atoms with Gasteiger partial charge in [0.15, 0.2) is 5.13 Å². The summed E-state index contributed by atoms with van der Waals surface area (Å²) in [4.78, 5) is 20.9. The van der Waals surface area contributed by atoms with Crippen LogP contribution in [0.3, 0.4) is 0 Å². The third-order valence-electron chi connectivity index (χ3n) is 3.40. The number of amides is 1. The predicted octanol–water partition coefficient (Wildman–Crippen LogP) is 3.97. The number of benzene rings is 1. The largest absolute Gasteiger partial charge is 0.298 e.